The number of hydrogen-bond donors (Lipinski definition) is 0. The van der Waals surface area contributed by atoms with Crippen LogP contribution in [-0.2, 0) is 0 Å². The maximum absolute atomic E-state index is 12.4. The van der Waals surface area contributed by atoms with Crippen molar-refractivity contribution in [3.8, 4) is 0 Å². The predicted molar refractivity (Wildman–Crippen MR) is 30.4 cm³/mol. The number of hydrogen-bond acceptors (Lipinski definition) is 2. The predicted octanol–water partition coefficient (Wildman–Crippen LogP) is 0.998. The molecule has 1 aromatic heterocycles. The Balaban J connectivity index is 2.94. The third kappa shape index (κ3) is 1.06. The van der Waals surface area contributed by atoms with E-state index < -0.39 is 6.08 Å². The fraction of sp³-hybridized carbons (Fsp3) is 0.600. The van der Waals surface area contributed by atoms with E-state index in [0.29, 0.717) is 0 Å². The van der Waals surface area contributed by atoms with Crippen LogP contribution in [0.25, 0.3) is 0 Å². The first-order valence-electron chi connectivity index (χ1n) is 2.77. The number of halogens is 1. The van der Waals surface area contributed by atoms with Crippen molar-refractivity contribution in [3.05, 3.63) is 12.4 Å². The molecule has 3 nitrogen and oxygen atoms in total. The molecule has 0 fully saturated rings. The second-order valence-electron chi connectivity index (χ2n) is 2.07. The van der Waals surface area contributed by atoms with Crippen molar-refractivity contribution in [1.82, 2.24) is 14.8 Å². The fourth-order valence-electron chi connectivity index (χ4n) is 0.582. The minimum atomic E-state index is -0.523. The molecule has 0 aliphatic heterocycles. The van der Waals surface area contributed by atoms with Crippen LogP contribution in [0.5, 0.6) is 0 Å². The van der Waals surface area contributed by atoms with Gasteiger partial charge in [-0.15, -0.1) is 0 Å². The number of aromatic nitrogens is 3. The molecule has 0 unspecified atom stereocenters. The van der Waals surface area contributed by atoms with Gasteiger partial charge in [0.1, 0.15) is 6.33 Å². The SMILES string of the molecule is CC(C)n1ncnc1F. The zero-order chi connectivity index (χ0) is 6.85. The molecular weight excluding hydrogens is 121 g/mol. The molecule has 0 amide bonds. The zero-order valence-electron chi connectivity index (χ0n) is 5.37. The summed E-state index contributed by atoms with van der Waals surface area (Å²) in [5, 5.41) is 3.65. The molecular formula is C5H8FN3. The molecule has 0 bridgehead atoms. The van der Waals surface area contributed by atoms with Crippen molar-refractivity contribution in [2.75, 3.05) is 0 Å². The first-order chi connectivity index (χ1) is 4.22. The number of rotatable bonds is 1. The van der Waals surface area contributed by atoms with Gasteiger partial charge in [-0.2, -0.15) is 14.5 Å². The van der Waals surface area contributed by atoms with Gasteiger partial charge in [-0.25, -0.2) is 4.68 Å². The Morgan fingerprint density at radius 3 is 2.56 bits per heavy atom. The fourth-order valence-corrected chi connectivity index (χ4v) is 0.582. The van der Waals surface area contributed by atoms with Crippen LogP contribution in [-0.4, -0.2) is 14.8 Å². The third-order valence-electron chi connectivity index (χ3n) is 1.02. The molecule has 0 aliphatic carbocycles. The van der Waals surface area contributed by atoms with Crippen LogP contribution >= 0.6 is 0 Å². The Labute approximate surface area is 52.5 Å². The van der Waals surface area contributed by atoms with Gasteiger partial charge in [0.25, 0.3) is 0 Å². The first-order valence-corrected chi connectivity index (χ1v) is 2.77. The lowest BCUT2D eigenvalue weighted by atomic mass is 10.4. The van der Waals surface area contributed by atoms with E-state index in [1.807, 2.05) is 13.8 Å². The molecule has 0 radical (unpaired) electrons. The van der Waals surface area contributed by atoms with E-state index in [2.05, 4.69) is 10.1 Å². The Morgan fingerprint density at radius 2 is 2.33 bits per heavy atom. The molecule has 0 saturated heterocycles. The van der Waals surface area contributed by atoms with Gasteiger partial charge in [0.05, 0.1) is 6.04 Å². The molecule has 1 heterocycles. The summed E-state index contributed by atoms with van der Waals surface area (Å²) < 4.78 is 13.6. The van der Waals surface area contributed by atoms with Crippen molar-refractivity contribution < 1.29 is 4.39 Å². The third-order valence-corrected chi connectivity index (χ3v) is 1.02. The zero-order valence-corrected chi connectivity index (χ0v) is 5.37. The monoisotopic (exact) mass is 129 g/mol. The van der Waals surface area contributed by atoms with Crippen LogP contribution in [0.15, 0.2) is 6.33 Å². The highest BCUT2D eigenvalue weighted by molar-refractivity contribution is 4.64. The summed E-state index contributed by atoms with van der Waals surface area (Å²) in [4.78, 5) is 3.32. The lowest BCUT2D eigenvalue weighted by Gasteiger charge is -2.01. The van der Waals surface area contributed by atoms with Crippen molar-refractivity contribution in [2.45, 2.75) is 19.9 Å². The van der Waals surface area contributed by atoms with E-state index in [1.54, 1.807) is 0 Å². The summed E-state index contributed by atoms with van der Waals surface area (Å²) in [6.07, 6.45) is 0.681. The van der Waals surface area contributed by atoms with Crippen LogP contribution in [0.4, 0.5) is 4.39 Å². The standard InChI is InChI=1S/C5H8FN3/c1-4(2)9-5(6)7-3-8-9/h3-4H,1-2H3. The van der Waals surface area contributed by atoms with Crippen molar-refractivity contribution in [1.29, 1.82) is 0 Å². The largest absolute Gasteiger partial charge is 0.307 e. The first kappa shape index (κ1) is 6.19. The summed E-state index contributed by atoms with van der Waals surface area (Å²) in [5.41, 5.74) is 0. The molecule has 9 heavy (non-hydrogen) atoms. The summed E-state index contributed by atoms with van der Waals surface area (Å²) >= 11 is 0. The lowest BCUT2D eigenvalue weighted by Crippen LogP contribution is -2.05. The summed E-state index contributed by atoms with van der Waals surface area (Å²) in [6, 6.07) is 0.0486. The van der Waals surface area contributed by atoms with Gasteiger partial charge in [0.2, 0.25) is 0 Å². The molecule has 4 heteroatoms. The van der Waals surface area contributed by atoms with E-state index in [-0.39, 0.29) is 6.04 Å². The highest BCUT2D eigenvalue weighted by atomic mass is 19.1. The second kappa shape index (κ2) is 2.13. The smallest absolute Gasteiger partial charge is 0.219 e. The van der Waals surface area contributed by atoms with Gasteiger partial charge in [0.15, 0.2) is 0 Å². The Morgan fingerprint density at radius 1 is 1.67 bits per heavy atom. The van der Waals surface area contributed by atoms with Gasteiger partial charge >= 0.3 is 6.08 Å². The molecule has 0 spiro atoms. The highest BCUT2D eigenvalue weighted by Crippen LogP contribution is 2.01. The summed E-state index contributed by atoms with van der Waals surface area (Å²) in [6.45, 7) is 3.69. The van der Waals surface area contributed by atoms with Gasteiger partial charge in [-0.3, -0.25) is 0 Å². The molecule has 0 aromatic carbocycles. The average Bonchev–Trinajstić information content (AvgIpc) is 2.13. The van der Waals surface area contributed by atoms with Crippen LogP contribution in [0, 0.1) is 6.08 Å². The molecule has 1 aromatic rings. The second-order valence-corrected chi connectivity index (χ2v) is 2.07. The van der Waals surface area contributed by atoms with E-state index >= 15 is 0 Å². The van der Waals surface area contributed by atoms with E-state index in [0.717, 1.165) is 0 Å². The minimum Gasteiger partial charge on any atom is -0.219 e. The van der Waals surface area contributed by atoms with Crippen LogP contribution in [0.2, 0.25) is 0 Å². The Hall–Kier alpha value is -0.930. The molecule has 0 atom stereocenters. The highest BCUT2D eigenvalue weighted by Gasteiger charge is 2.03. The topological polar surface area (TPSA) is 30.7 Å². The quantitative estimate of drug-likeness (QED) is 0.566. The van der Waals surface area contributed by atoms with Crippen molar-refractivity contribution in [3.63, 3.8) is 0 Å². The Kier molecular flexibility index (Phi) is 1.46. The molecule has 1 rings (SSSR count). The van der Waals surface area contributed by atoms with Crippen LogP contribution in [0.1, 0.15) is 19.9 Å². The molecule has 0 saturated carbocycles. The molecule has 50 valence electrons. The lowest BCUT2D eigenvalue weighted by molar-refractivity contribution is 0.400. The Bertz CT molecular complexity index is 194. The van der Waals surface area contributed by atoms with E-state index in [1.165, 1.54) is 11.0 Å². The summed E-state index contributed by atoms with van der Waals surface area (Å²) in [5.74, 6) is 0. The van der Waals surface area contributed by atoms with Crippen LogP contribution in [0.3, 0.4) is 0 Å². The van der Waals surface area contributed by atoms with E-state index in [4.69, 9.17) is 0 Å². The van der Waals surface area contributed by atoms with Crippen LogP contribution < -0.4 is 0 Å². The van der Waals surface area contributed by atoms with Gasteiger partial charge in [-0.1, -0.05) is 0 Å². The minimum absolute atomic E-state index is 0.0486. The normalized spacial score (nSPS) is 10.7. The molecule has 0 aliphatic rings. The maximum Gasteiger partial charge on any atom is 0.307 e. The van der Waals surface area contributed by atoms with Gasteiger partial charge in [-0.05, 0) is 13.8 Å². The maximum atomic E-state index is 12.4. The van der Waals surface area contributed by atoms with Crippen molar-refractivity contribution >= 4 is 0 Å². The van der Waals surface area contributed by atoms with Gasteiger partial charge in [0, 0.05) is 0 Å². The van der Waals surface area contributed by atoms with E-state index in [9.17, 15) is 4.39 Å². The van der Waals surface area contributed by atoms with Gasteiger partial charge < -0.3 is 0 Å². The number of nitrogens with zero attached hydrogens (tertiary/aromatic N) is 3. The average molecular weight is 129 g/mol. The molecule has 0 N–H and O–H groups in total. The summed E-state index contributed by atoms with van der Waals surface area (Å²) in [7, 11) is 0. The van der Waals surface area contributed by atoms with Crippen molar-refractivity contribution in [2.24, 2.45) is 0 Å².